The molecular weight excluding hydrogens is 387 g/mol. The molecule has 1 amide bonds. The number of nitrogens with zero attached hydrogens (tertiary/aromatic N) is 4. The predicted molar refractivity (Wildman–Crippen MR) is 103 cm³/mol. The van der Waals surface area contributed by atoms with E-state index in [4.69, 9.17) is 4.84 Å². The zero-order valence-electron chi connectivity index (χ0n) is 15.5. The van der Waals surface area contributed by atoms with Gasteiger partial charge in [0.05, 0.1) is 43.6 Å². The van der Waals surface area contributed by atoms with Crippen molar-refractivity contribution in [3.05, 3.63) is 40.6 Å². The maximum Gasteiger partial charge on any atom is 0.253 e. The average Bonchev–Trinajstić information content (AvgIpc) is 3.03. The van der Waals surface area contributed by atoms with E-state index in [1.165, 1.54) is 29.4 Å². The molecule has 2 N–H and O–H groups in total. The van der Waals surface area contributed by atoms with Crippen LogP contribution >= 0.6 is 11.3 Å². The minimum absolute atomic E-state index is 0.0213. The normalized spacial score (nSPS) is 16.0. The Kier molecular flexibility index (Phi) is 6.79. The van der Waals surface area contributed by atoms with Crippen LogP contribution in [0.25, 0.3) is 0 Å². The monoisotopic (exact) mass is 410 g/mol. The van der Waals surface area contributed by atoms with Gasteiger partial charge in [0, 0.05) is 30.7 Å². The molecule has 3 rings (SSSR count). The number of aliphatic hydroxyl groups excluding tert-OH is 1. The summed E-state index contributed by atoms with van der Waals surface area (Å²) in [6.07, 6.45) is 1.08. The molecular formula is C18H23FN4O4S. The number of aromatic nitrogens is 1. The number of hydrogen-bond acceptors (Lipinski definition) is 8. The first-order valence-electron chi connectivity index (χ1n) is 8.94. The number of amides is 1. The quantitative estimate of drug-likeness (QED) is 0.701. The molecule has 2 heterocycles. The molecule has 1 aliphatic rings. The lowest BCUT2D eigenvalue weighted by molar-refractivity contribution is -0.181. The number of anilines is 2. The first-order valence-corrected chi connectivity index (χ1v) is 9.82. The van der Waals surface area contributed by atoms with Gasteiger partial charge in [-0.15, -0.1) is 11.3 Å². The number of benzene rings is 1. The van der Waals surface area contributed by atoms with Gasteiger partial charge in [0.15, 0.2) is 0 Å². The van der Waals surface area contributed by atoms with Crippen molar-refractivity contribution in [2.75, 3.05) is 42.7 Å². The Morgan fingerprint density at radius 3 is 2.93 bits per heavy atom. The third-order valence-electron chi connectivity index (χ3n) is 4.25. The molecule has 1 saturated heterocycles. The van der Waals surface area contributed by atoms with Gasteiger partial charge in [0.1, 0.15) is 10.8 Å². The van der Waals surface area contributed by atoms with Gasteiger partial charge in [-0.3, -0.25) is 19.9 Å². The SMILES string of the molecule is C[C@H](O)CN(O)c1ccc(N2CCON(C(=O)Cc3nccs3)CC2)c(F)c1. The first kappa shape index (κ1) is 20.5. The number of hydroxylamine groups is 3. The van der Waals surface area contributed by atoms with Crippen molar-refractivity contribution in [2.24, 2.45) is 0 Å². The fraction of sp³-hybridized carbons (Fsp3) is 0.444. The Labute approximate surface area is 166 Å². The van der Waals surface area contributed by atoms with E-state index in [-0.39, 0.29) is 31.2 Å². The lowest BCUT2D eigenvalue weighted by Crippen LogP contribution is -2.35. The second kappa shape index (κ2) is 9.28. The molecule has 0 unspecified atom stereocenters. The van der Waals surface area contributed by atoms with Gasteiger partial charge in [-0.2, -0.15) is 0 Å². The second-order valence-electron chi connectivity index (χ2n) is 6.49. The molecule has 0 aliphatic carbocycles. The van der Waals surface area contributed by atoms with Crippen LogP contribution in [-0.2, 0) is 16.1 Å². The summed E-state index contributed by atoms with van der Waals surface area (Å²) < 4.78 is 14.6. The van der Waals surface area contributed by atoms with Crippen molar-refractivity contribution in [2.45, 2.75) is 19.4 Å². The predicted octanol–water partition coefficient (Wildman–Crippen LogP) is 1.68. The Morgan fingerprint density at radius 1 is 1.43 bits per heavy atom. The molecule has 0 bridgehead atoms. The molecule has 28 heavy (non-hydrogen) atoms. The van der Waals surface area contributed by atoms with Crippen LogP contribution in [0.3, 0.4) is 0 Å². The summed E-state index contributed by atoms with van der Waals surface area (Å²) in [5, 5.41) is 23.9. The maximum absolute atomic E-state index is 14.6. The van der Waals surface area contributed by atoms with Crippen molar-refractivity contribution in [3.8, 4) is 0 Å². The smallest absolute Gasteiger partial charge is 0.253 e. The van der Waals surface area contributed by atoms with E-state index in [2.05, 4.69) is 4.98 Å². The number of carbonyl (C=O) groups is 1. The fourth-order valence-corrected chi connectivity index (χ4v) is 3.52. The first-order chi connectivity index (χ1) is 13.4. The van der Waals surface area contributed by atoms with Crippen LogP contribution in [0.4, 0.5) is 15.8 Å². The Morgan fingerprint density at radius 2 is 2.25 bits per heavy atom. The van der Waals surface area contributed by atoms with Gasteiger partial charge < -0.3 is 10.0 Å². The summed E-state index contributed by atoms with van der Waals surface area (Å²) in [6.45, 7) is 2.90. The number of aliphatic hydroxyl groups is 1. The largest absolute Gasteiger partial charge is 0.391 e. The zero-order valence-corrected chi connectivity index (χ0v) is 16.3. The van der Waals surface area contributed by atoms with Crippen molar-refractivity contribution >= 4 is 28.6 Å². The van der Waals surface area contributed by atoms with E-state index in [1.54, 1.807) is 23.2 Å². The van der Waals surface area contributed by atoms with E-state index in [0.717, 1.165) is 10.1 Å². The third-order valence-corrected chi connectivity index (χ3v) is 5.03. The van der Waals surface area contributed by atoms with Crippen LogP contribution in [0.1, 0.15) is 11.9 Å². The highest BCUT2D eigenvalue weighted by Crippen LogP contribution is 2.25. The van der Waals surface area contributed by atoms with Gasteiger partial charge in [-0.1, -0.05) is 0 Å². The van der Waals surface area contributed by atoms with Crippen molar-refractivity contribution < 1.29 is 24.3 Å². The molecule has 1 aliphatic heterocycles. The molecule has 0 saturated carbocycles. The van der Waals surface area contributed by atoms with Crippen LogP contribution in [0.15, 0.2) is 29.8 Å². The number of thiazole rings is 1. The van der Waals surface area contributed by atoms with Crippen molar-refractivity contribution in [1.29, 1.82) is 0 Å². The van der Waals surface area contributed by atoms with Gasteiger partial charge in [0.2, 0.25) is 0 Å². The van der Waals surface area contributed by atoms with E-state index < -0.39 is 11.9 Å². The third kappa shape index (κ3) is 5.16. The highest BCUT2D eigenvalue weighted by Gasteiger charge is 2.23. The fourth-order valence-electron chi connectivity index (χ4n) is 2.91. The average molecular weight is 410 g/mol. The molecule has 10 heteroatoms. The number of rotatable bonds is 6. The molecule has 0 spiro atoms. The van der Waals surface area contributed by atoms with Crippen LogP contribution < -0.4 is 9.96 Å². The summed E-state index contributed by atoms with van der Waals surface area (Å²) in [7, 11) is 0. The molecule has 8 nitrogen and oxygen atoms in total. The highest BCUT2D eigenvalue weighted by atomic mass is 32.1. The van der Waals surface area contributed by atoms with E-state index in [1.807, 2.05) is 5.38 Å². The molecule has 2 aromatic rings. The van der Waals surface area contributed by atoms with Gasteiger partial charge >= 0.3 is 0 Å². The van der Waals surface area contributed by atoms with Crippen LogP contribution in [0, 0.1) is 5.82 Å². The molecule has 152 valence electrons. The van der Waals surface area contributed by atoms with E-state index in [9.17, 15) is 19.5 Å². The number of carbonyl (C=O) groups excluding carboxylic acids is 1. The Bertz CT molecular complexity index is 790. The topological polar surface area (TPSA) is 89.4 Å². The lowest BCUT2D eigenvalue weighted by Gasteiger charge is -2.24. The standard InChI is InChI=1S/C18H23FN4O4S/c1-13(24)12-22(26)14-2-3-16(15(19)10-14)21-5-6-23(27-8-7-21)18(25)11-17-20-4-9-28-17/h2-4,9-10,13,24,26H,5-8,11-12H2,1H3/t13-/m0/s1. The highest BCUT2D eigenvalue weighted by molar-refractivity contribution is 7.09. The van der Waals surface area contributed by atoms with Crippen molar-refractivity contribution in [3.63, 3.8) is 0 Å². The summed E-state index contributed by atoms with van der Waals surface area (Å²) in [4.78, 5) is 23.8. The van der Waals surface area contributed by atoms with Gasteiger partial charge in [0.25, 0.3) is 5.91 Å². The molecule has 1 fully saturated rings. The van der Waals surface area contributed by atoms with Crippen LogP contribution in [0.5, 0.6) is 0 Å². The molecule has 1 aromatic heterocycles. The summed E-state index contributed by atoms with van der Waals surface area (Å²) >= 11 is 1.41. The van der Waals surface area contributed by atoms with E-state index >= 15 is 0 Å². The summed E-state index contributed by atoms with van der Waals surface area (Å²) in [5.74, 6) is -0.675. The Hall–Kier alpha value is -2.27. The molecule has 0 radical (unpaired) electrons. The Balaban J connectivity index is 1.62. The number of halogens is 1. The lowest BCUT2D eigenvalue weighted by atomic mass is 10.2. The molecule has 1 aromatic carbocycles. The van der Waals surface area contributed by atoms with Crippen LogP contribution in [0.2, 0.25) is 0 Å². The van der Waals surface area contributed by atoms with Gasteiger partial charge in [-0.05, 0) is 19.1 Å². The van der Waals surface area contributed by atoms with E-state index in [0.29, 0.717) is 25.3 Å². The maximum atomic E-state index is 14.6. The summed E-state index contributed by atoms with van der Waals surface area (Å²) in [6, 6.07) is 4.37. The van der Waals surface area contributed by atoms with Crippen LogP contribution in [-0.4, -0.2) is 65.2 Å². The zero-order chi connectivity index (χ0) is 20.1. The van der Waals surface area contributed by atoms with Crippen molar-refractivity contribution in [1.82, 2.24) is 10.0 Å². The van der Waals surface area contributed by atoms with Gasteiger partial charge in [-0.25, -0.2) is 14.4 Å². The second-order valence-corrected chi connectivity index (χ2v) is 7.46. The number of hydrogen-bond donors (Lipinski definition) is 2. The minimum Gasteiger partial charge on any atom is -0.391 e. The minimum atomic E-state index is -0.747. The summed E-state index contributed by atoms with van der Waals surface area (Å²) in [5.41, 5.74) is 0.625. The molecule has 1 atom stereocenters.